The van der Waals surface area contributed by atoms with E-state index in [9.17, 15) is 0 Å². The summed E-state index contributed by atoms with van der Waals surface area (Å²) < 4.78 is 1.08. The first-order valence-electron chi connectivity index (χ1n) is 7.43. The van der Waals surface area contributed by atoms with E-state index >= 15 is 0 Å². The van der Waals surface area contributed by atoms with Crippen LogP contribution in [0.4, 0.5) is 5.69 Å². The lowest BCUT2D eigenvalue weighted by atomic mass is 10.1. The van der Waals surface area contributed by atoms with Crippen LogP contribution >= 0.6 is 27.5 Å². The third kappa shape index (κ3) is 7.84. The largest absolute Gasteiger partial charge is 0.384 e. The van der Waals surface area contributed by atoms with E-state index < -0.39 is 0 Å². The molecule has 0 aliphatic rings. The van der Waals surface area contributed by atoms with Gasteiger partial charge in [-0.1, -0.05) is 63.5 Å². The molecule has 0 spiro atoms. The Balaban J connectivity index is 2.03. The molecule has 1 rings (SSSR count). The van der Waals surface area contributed by atoms with Gasteiger partial charge in [-0.15, -0.1) is 0 Å². The molecule has 0 aromatic heterocycles. The summed E-state index contributed by atoms with van der Waals surface area (Å²) in [7, 11) is 0. The standard InChI is InChI=1S/C16H25BrClN/c1-2-3-4-5-6-7-8-9-12-19-16-13-14(18)10-11-15(16)17/h10-11,13,19H,2-9,12H2,1H3. The maximum Gasteiger partial charge on any atom is 0.0499 e. The Labute approximate surface area is 131 Å². The van der Waals surface area contributed by atoms with Crippen molar-refractivity contribution in [2.75, 3.05) is 11.9 Å². The van der Waals surface area contributed by atoms with Gasteiger partial charge in [-0.2, -0.15) is 0 Å². The van der Waals surface area contributed by atoms with Gasteiger partial charge in [0.2, 0.25) is 0 Å². The molecule has 1 N–H and O–H groups in total. The molecule has 0 heterocycles. The van der Waals surface area contributed by atoms with E-state index in [1.807, 2.05) is 18.2 Å². The fraction of sp³-hybridized carbons (Fsp3) is 0.625. The van der Waals surface area contributed by atoms with Gasteiger partial charge in [-0.05, 0) is 40.5 Å². The number of unbranched alkanes of at least 4 members (excludes halogenated alkanes) is 7. The molecule has 0 bridgehead atoms. The molecule has 0 aliphatic carbocycles. The minimum atomic E-state index is 0.779. The highest BCUT2D eigenvalue weighted by Gasteiger charge is 1.99. The van der Waals surface area contributed by atoms with Gasteiger partial charge in [-0.3, -0.25) is 0 Å². The molecule has 1 aromatic rings. The molecule has 0 aliphatic heterocycles. The first-order chi connectivity index (χ1) is 9.24. The molecule has 0 saturated heterocycles. The molecule has 0 atom stereocenters. The van der Waals surface area contributed by atoms with Crippen LogP contribution in [0, 0.1) is 0 Å². The van der Waals surface area contributed by atoms with E-state index in [4.69, 9.17) is 11.6 Å². The molecule has 0 saturated carbocycles. The number of anilines is 1. The summed E-state index contributed by atoms with van der Waals surface area (Å²) in [4.78, 5) is 0. The zero-order valence-corrected chi connectivity index (χ0v) is 14.2. The van der Waals surface area contributed by atoms with Gasteiger partial charge < -0.3 is 5.32 Å². The van der Waals surface area contributed by atoms with Crippen molar-refractivity contribution in [3.63, 3.8) is 0 Å². The molecular weight excluding hydrogens is 322 g/mol. The normalized spacial score (nSPS) is 10.7. The van der Waals surface area contributed by atoms with Crippen molar-refractivity contribution < 1.29 is 0 Å². The Morgan fingerprint density at radius 1 is 1.00 bits per heavy atom. The molecule has 1 aromatic carbocycles. The van der Waals surface area contributed by atoms with E-state index in [0.29, 0.717) is 0 Å². The molecule has 0 unspecified atom stereocenters. The number of benzene rings is 1. The van der Waals surface area contributed by atoms with Gasteiger partial charge in [0.15, 0.2) is 0 Å². The smallest absolute Gasteiger partial charge is 0.0499 e. The summed E-state index contributed by atoms with van der Waals surface area (Å²) in [5.74, 6) is 0. The molecular formula is C16H25BrClN. The van der Waals surface area contributed by atoms with Crippen molar-refractivity contribution in [2.45, 2.75) is 58.3 Å². The third-order valence-electron chi connectivity index (χ3n) is 3.27. The molecule has 108 valence electrons. The molecule has 0 radical (unpaired) electrons. The third-order valence-corrected chi connectivity index (χ3v) is 4.20. The summed E-state index contributed by atoms with van der Waals surface area (Å²) in [5.41, 5.74) is 1.09. The Kier molecular flexibility index (Phi) is 9.36. The zero-order chi connectivity index (χ0) is 13.9. The average Bonchev–Trinajstić information content (AvgIpc) is 2.40. The highest BCUT2D eigenvalue weighted by atomic mass is 79.9. The Bertz CT molecular complexity index is 355. The summed E-state index contributed by atoms with van der Waals surface area (Å²) in [6.07, 6.45) is 10.8. The van der Waals surface area contributed by atoms with E-state index in [1.165, 1.54) is 51.4 Å². The lowest BCUT2D eigenvalue weighted by molar-refractivity contribution is 0.581. The highest BCUT2D eigenvalue weighted by molar-refractivity contribution is 9.10. The fourth-order valence-corrected chi connectivity index (χ4v) is 2.67. The zero-order valence-electron chi connectivity index (χ0n) is 11.9. The van der Waals surface area contributed by atoms with E-state index in [2.05, 4.69) is 28.2 Å². The molecule has 19 heavy (non-hydrogen) atoms. The topological polar surface area (TPSA) is 12.0 Å². The van der Waals surface area contributed by atoms with Gasteiger partial charge in [0.05, 0.1) is 0 Å². The lowest BCUT2D eigenvalue weighted by Gasteiger charge is -2.09. The summed E-state index contributed by atoms with van der Waals surface area (Å²) in [6, 6.07) is 5.85. The van der Waals surface area contributed by atoms with Crippen molar-refractivity contribution in [1.29, 1.82) is 0 Å². The van der Waals surface area contributed by atoms with E-state index in [0.717, 1.165) is 21.7 Å². The van der Waals surface area contributed by atoms with Crippen LogP contribution in [0.1, 0.15) is 58.3 Å². The van der Waals surface area contributed by atoms with Gasteiger partial charge >= 0.3 is 0 Å². The summed E-state index contributed by atoms with van der Waals surface area (Å²) in [6.45, 7) is 3.29. The van der Waals surface area contributed by atoms with E-state index in [-0.39, 0.29) is 0 Å². The number of rotatable bonds is 10. The molecule has 0 amide bonds. The van der Waals surface area contributed by atoms with Crippen LogP contribution < -0.4 is 5.32 Å². The fourth-order valence-electron chi connectivity index (χ4n) is 2.11. The Morgan fingerprint density at radius 2 is 1.63 bits per heavy atom. The first kappa shape index (κ1) is 16.8. The second-order valence-electron chi connectivity index (χ2n) is 5.03. The average molecular weight is 347 g/mol. The predicted octanol–water partition coefficient (Wildman–Crippen LogP) is 6.66. The molecule has 0 fully saturated rings. The van der Waals surface area contributed by atoms with Crippen LogP contribution in [0.2, 0.25) is 5.02 Å². The Morgan fingerprint density at radius 3 is 2.32 bits per heavy atom. The van der Waals surface area contributed by atoms with Crippen LogP contribution in [0.3, 0.4) is 0 Å². The first-order valence-corrected chi connectivity index (χ1v) is 8.60. The second-order valence-corrected chi connectivity index (χ2v) is 6.32. The summed E-state index contributed by atoms with van der Waals surface area (Å²) >= 11 is 9.51. The highest BCUT2D eigenvalue weighted by Crippen LogP contribution is 2.25. The van der Waals surface area contributed by atoms with Gasteiger partial charge in [0.25, 0.3) is 0 Å². The van der Waals surface area contributed by atoms with Crippen molar-refractivity contribution in [3.05, 3.63) is 27.7 Å². The number of hydrogen-bond acceptors (Lipinski definition) is 1. The minimum absolute atomic E-state index is 0.779. The van der Waals surface area contributed by atoms with Crippen LogP contribution in [-0.4, -0.2) is 6.54 Å². The minimum Gasteiger partial charge on any atom is -0.384 e. The molecule has 3 heteroatoms. The quantitative estimate of drug-likeness (QED) is 0.467. The Hall–Kier alpha value is -0.210. The maximum atomic E-state index is 5.98. The van der Waals surface area contributed by atoms with Crippen molar-refractivity contribution in [2.24, 2.45) is 0 Å². The second kappa shape index (κ2) is 10.6. The van der Waals surface area contributed by atoms with Crippen LogP contribution in [-0.2, 0) is 0 Å². The van der Waals surface area contributed by atoms with Crippen LogP contribution in [0.5, 0.6) is 0 Å². The maximum absolute atomic E-state index is 5.98. The van der Waals surface area contributed by atoms with Crippen LogP contribution in [0.25, 0.3) is 0 Å². The van der Waals surface area contributed by atoms with Gasteiger partial charge in [0, 0.05) is 21.7 Å². The lowest BCUT2D eigenvalue weighted by Crippen LogP contribution is -2.02. The number of nitrogens with one attached hydrogen (secondary N) is 1. The van der Waals surface area contributed by atoms with Crippen molar-refractivity contribution in [1.82, 2.24) is 0 Å². The number of halogens is 2. The summed E-state index contributed by atoms with van der Waals surface area (Å²) in [5, 5.41) is 4.21. The monoisotopic (exact) mass is 345 g/mol. The van der Waals surface area contributed by atoms with Gasteiger partial charge in [0.1, 0.15) is 0 Å². The predicted molar refractivity (Wildman–Crippen MR) is 90.3 cm³/mol. The number of hydrogen-bond donors (Lipinski definition) is 1. The molecule has 1 nitrogen and oxygen atoms in total. The van der Waals surface area contributed by atoms with Crippen molar-refractivity contribution >= 4 is 33.2 Å². The van der Waals surface area contributed by atoms with Gasteiger partial charge in [-0.25, -0.2) is 0 Å². The van der Waals surface area contributed by atoms with Crippen LogP contribution in [0.15, 0.2) is 22.7 Å². The van der Waals surface area contributed by atoms with Crippen molar-refractivity contribution in [3.8, 4) is 0 Å². The SMILES string of the molecule is CCCCCCCCCCNc1cc(Cl)ccc1Br. The van der Waals surface area contributed by atoms with E-state index in [1.54, 1.807) is 0 Å².